The molecular formula is C17H24FNO3. The molecular weight excluding hydrogens is 285 g/mol. The molecule has 0 aromatic heterocycles. The van der Waals surface area contributed by atoms with Crippen molar-refractivity contribution in [2.24, 2.45) is 5.92 Å². The van der Waals surface area contributed by atoms with E-state index in [0.717, 1.165) is 12.0 Å². The molecule has 0 unspecified atom stereocenters. The fourth-order valence-electron chi connectivity index (χ4n) is 3.79. The van der Waals surface area contributed by atoms with Gasteiger partial charge >= 0.3 is 0 Å². The van der Waals surface area contributed by atoms with Gasteiger partial charge in [-0.1, -0.05) is 12.1 Å². The van der Waals surface area contributed by atoms with E-state index in [4.69, 9.17) is 4.74 Å². The minimum absolute atomic E-state index is 0.0250. The topological polar surface area (TPSA) is 61.7 Å². The predicted molar refractivity (Wildman–Crippen MR) is 80.7 cm³/mol. The lowest BCUT2D eigenvalue weighted by atomic mass is 9.79. The molecule has 3 N–H and O–H groups in total. The van der Waals surface area contributed by atoms with Crippen LogP contribution < -0.4 is 5.32 Å². The molecule has 3 rings (SSSR count). The van der Waals surface area contributed by atoms with Gasteiger partial charge in [-0.15, -0.1) is 0 Å². The van der Waals surface area contributed by atoms with Crippen LogP contribution in [0.4, 0.5) is 4.39 Å². The highest BCUT2D eigenvalue weighted by Gasteiger charge is 2.57. The molecule has 1 saturated carbocycles. The Morgan fingerprint density at radius 1 is 1.32 bits per heavy atom. The van der Waals surface area contributed by atoms with Gasteiger partial charge in [0.1, 0.15) is 11.4 Å². The van der Waals surface area contributed by atoms with Crippen LogP contribution in [0.2, 0.25) is 0 Å². The second-order valence-corrected chi connectivity index (χ2v) is 7.23. The molecule has 0 radical (unpaired) electrons. The number of hydrogen-bond acceptors (Lipinski definition) is 4. The minimum Gasteiger partial charge on any atom is -0.391 e. The van der Waals surface area contributed by atoms with E-state index in [-0.39, 0.29) is 23.9 Å². The van der Waals surface area contributed by atoms with E-state index >= 15 is 0 Å². The normalized spacial score (nSPS) is 37.0. The standard InChI is InChI=1S/C17H24FNO3/c1-16(2)8-12-7-14(20)15(17(12,21)10-22-16)19-9-11-3-5-13(18)6-4-11/h3-6,12,14-15,19-21H,7-10H2,1-2H3/t12-,14-,15+,17+/m1/s1. The van der Waals surface area contributed by atoms with Crippen LogP contribution in [0.5, 0.6) is 0 Å². The van der Waals surface area contributed by atoms with Crippen molar-refractivity contribution in [2.45, 2.75) is 56.6 Å². The molecule has 4 nitrogen and oxygen atoms in total. The van der Waals surface area contributed by atoms with Crippen molar-refractivity contribution in [3.63, 3.8) is 0 Å². The largest absolute Gasteiger partial charge is 0.391 e. The summed E-state index contributed by atoms with van der Waals surface area (Å²) in [5.41, 5.74) is -0.394. The zero-order valence-corrected chi connectivity index (χ0v) is 13.1. The lowest BCUT2D eigenvalue weighted by Gasteiger charge is -2.45. The number of ether oxygens (including phenoxy) is 1. The van der Waals surface area contributed by atoms with E-state index in [1.807, 2.05) is 13.8 Å². The summed E-state index contributed by atoms with van der Waals surface area (Å²) in [6.07, 6.45) is 0.701. The number of halogens is 1. The third kappa shape index (κ3) is 2.91. The smallest absolute Gasteiger partial charge is 0.123 e. The quantitative estimate of drug-likeness (QED) is 0.793. The van der Waals surface area contributed by atoms with Gasteiger partial charge in [-0.05, 0) is 50.3 Å². The minimum atomic E-state index is -1.05. The average Bonchev–Trinajstić information content (AvgIpc) is 2.68. The van der Waals surface area contributed by atoms with Gasteiger partial charge in [0.2, 0.25) is 0 Å². The Morgan fingerprint density at radius 2 is 2.00 bits per heavy atom. The highest BCUT2D eigenvalue weighted by molar-refractivity contribution is 5.17. The van der Waals surface area contributed by atoms with E-state index in [1.54, 1.807) is 12.1 Å². The Hall–Kier alpha value is -1.01. The van der Waals surface area contributed by atoms with Crippen LogP contribution in [0.1, 0.15) is 32.3 Å². The Balaban J connectivity index is 1.69. The second-order valence-electron chi connectivity index (χ2n) is 7.23. The average molecular weight is 309 g/mol. The molecule has 1 aliphatic carbocycles. The van der Waals surface area contributed by atoms with Crippen molar-refractivity contribution in [3.8, 4) is 0 Å². The van der Waals surface area contributed by atoms with Crippen LogP contribution in [0.3, 0.4) is 0 Å². The predicted octanol–water partition coefficient (Wildman–Crippen LogP) is 1.59. The molecule has 0 amide bonds. The lowest BCUT2D eigenvalue weighted by Crippen LogP contribution is -2.60. The highest BCUT2D eigenvalue weighted by atomic mass is 19.1. The molecule has 4 atom stereocenters. The first-order valence-corrected chi connectivity index (χ1v) is 7.82. The van der Waals surface area contributed by atoms with Gasteiger partial charge in [0.05, 0.1) is 24.4 Å². The Kier molecular flexibility index (Phi) is 4.01. The first kappa shape index (κ1) is 15.9. The van der Waals surface area contributed by atoms with Crippen LogP contribution in [-0.2, 0) is 11.3 Å². The number of fused-ring (bicyclic) bond motifs is 1. The SMILES string of the molecule is CC1(C)C[C@H]2C[C@@H](O)[C@H](NCc3ccc(F)cc3)[C@]2(O)CO1. The number of nitrogens with one attached hydrogen (secondary N) is 1. The van der Waals surface area contributed by atoms with Gasteiger partial charge in [0, 0.05) is 6.54 Å². The number of benzene rings is 1. The maximum Gasteiger partial charge on any atom is 0.123 e. The molecule has 1 saturated heterocycles. The summed E-state index contributed by atoms with van der Waals surface area (Å²) in [7, 11) is 0. The van der Waals surface area contributed by atoms with E-state index in [0.29, 0.717) is 13.0 Å². The number of rotatable bonds is 3. The highest BCUT2D eigenvalue weighted by Crippen LogP contribution is 2.45. The third-order valence-electron chi connectivity index (χ3n) is 5.03. The van der Waals surface area contributed by atoms with Crippen LogP contribution >= 0.6 is 0 Å². The van der Waals surface area contributed by atoms with Crippen LogP contribution in [0.15, 0.2) is 24.3 Å². The van der Waals surface area contributed by atoms with Crippen molar-refractivity contribution in [1.82, 2.24) is 5.32 Å². The van der Waals surface area contributed by atoms with E-state index < -0.39 is 17.7 Å². The van der Waals surface area contributed by atoms with E-state index in [9.17, 15) is 14.6 Å². The van der Waals surface area contributed by atoms with Crippen molar-refractivity contribution < 1.29 is 19.3 Å². The molecule has 122 valence electrons. The van der Waals surface area contributed by atoms with Crippen LogP contribution in [0.25, 0.3) is 0 Å². The first-order valence-electron chi connectivity index (χ1n) is 7.82. The summed E-state index contributed by atoms with van der Waals surface area (Å²) in [6, 6.07) is 5.79. The molecule has 1 heterocycles. The summed E-state index contributed by atoms with van der Waals surface area (Å²) in [6.45, 7) is 4.72. The Morgan fingerprint density at radius 3 is 2.68 bits per heavy atom. The van der Waals surface area contributed by atoms with Crippen molar-refractivity contribution in [2.75, 3.05) is 6.61 Å². The number of aliphatic hydroxyl groups excluding tert-OH is 1. The number of aliphatic hydroxyl groups is 2. The van der Waals surface area contributed by atoms with Gasteiger partial charge in [-0.2, -0.15) is 0 Å². The van der Waals surface area contributed by atoms with Gasteiger partial charge in [0.25, 0.3) is 0 Å². The fourth-order valence-corrected chi connectivity index (χ4v) is 3.79. The molecule has 1 aliphatic heterocycles. The fraction of sp³-hybridized carbons (Fsp3) is 0.647. The maximum absolute atomic E-state index is 12.9. The molecule has 5 heteroatoms. The van der Waals surface area contributed by atoms with Crippen molar-refractivity contribution in [3.05, 3.63) is 35.6 Å². The van der Waals surface area contributed by atoms with Crippen LogP contribution in [-0.4, -0.2) is 40.2 Å². The summed E-state index contributed by atoms with van der Waals surface area (Å²) < 4.78 is 18.7. The second kappa shape index (κ2) is 5.57. The van der Waals surface area contributed by atoms with E-state index in [1.165, 1.54) is 12.1 Å². The summed E-state index contributed by atoms with van der Waals surface area (Å²) in [5, 5.41) is 24.6. The summed E-state index contributed by atoms with van der Waals surface area (Å²) in [5.74, 6) is -0.247. The van der Waals surface area contributed by atoms with Gasteiger partial charge in [-0.25, -0.2) is 4.39 Å². The van der Waals surface area contributed by atoms with Crippen LogP contribution in [0, 0.1) is 11.7 Å². The van der Waals surface area contributed by atoms with Gasteiger partial charge in [0.15, 0.2) is 0 Å². The zero-order valence-electron chi connectivity index (χ0n) is 13.1. The molecule has 1 aromatic carbocycles. The molecule has 1 aromatic rings. The summed E-state index contributed by atoms with van der Waals surface area (Å²) >= 11 is 0. The summed E-state index contributed by atoms with van der Waals surface area (Å²) in [4.78, 5) is 0. The monoisotopic (exact) mass is 309 g/mol. The van der Waals surface area contributed by atoms with Gasteiger partial charge < -0.3 is 20.3 Å². The Bertz CT molecular complexity index is 533. The zero-order chi connectivity index (χ0) is 16.0. The van der Waals surface area contributed by atoms with Crippen molar-refractivity contribution >= 4 is 0 Å². The van der Waals surface area contributed by atoms with E-state index in [2.05, 4.69) is 5.32 Å². The van der Waals surface area contributed by atoms with Gasteiger partial charge in [-0.3, -0.25) is 0 Å². The van der Waals surface area contributed by atoms with Crippen molar-refractivity contribution in [1.29, 1.82) is 0 Å². The molecule has 2 fully saturated rings. The number of hydrogen-bond donors (Lipinski definition) is 3. The third-order valence-corrected chi connectivity index (χ3v) is 5.03. The molecule has 0 spiro atoms. The maximum atomic E-state index is 12.9. The molecule has 0 bridgehead atoms. The lowest BCUT2D eigenvalue weighted by molar-refractivity contribution is -0.184. The molecule has 22 heavy (non-hydrogen) atoms. The molecule has 2 aliphatic rings. The first-order chi connectivity index (χ1) is 10.3. The Labute approximate surface area is 130 Å².